The van der Waals surface area contributed by atoms with Crippen molar-refractivity contribution in [2.75, 3.05) is 25.1 Å². The highest BCUT2D eigenvalue weighted by Crippen LogP contribution is 2.36. The fourth-order valence-corrected chi connectivity index (χ4v) is 5.01. The average Bonchev–Trinajstić information content (AvgIpc) is 3.39. The third-order valence-electron chi connectivity index (χ3n) is 7.64. The zero-order valence-corrected chi connectivity index (χ0v) is 25.9. The predicted molar refractivity (Wildman–Crippen MR) is 165 cm³/mol. The number of hydrogen-bond donors (Lipinski definition) is 3. The van der Waals surface area contributed by atoms with E-state index in [2.05, 4.69) is 40.5 Å². The van der Waals surface area contributed by atoms with Gasteiger partial charge in [0.05, 0.1) is 24.7 Å². The molecule has 0 bridgehead atoms. The molecule has 3 N–H and O–H groups in total. The van der Waals surface area contributed by atoms with Gasteiger partial charge < -0.3 is 29.6 Å². The largest absolute Gasteiger partial charge is 0.768 e. The van der Waals surface area contributed by atoms with Crippen LogP contribution in [0.2, 0.25) is 0 Å². The number of unbranched alkanes of at least 4 members (excludes halogenated alkanes) is 1. The SMILES string of the molecule is CC(C)C1(CNC(=O)Nc2cc(F)c(Oc3ccnc4[nH]cc(CCCC#N)c34)c(F)c2)COC1.Cc1ccc(S(=O)[O-])cc1. The van der Waals surface area contributed by atoms with Gasteiger partial charge in [-0.25, -0.2) is 18.6 Å². The maximum atomic E-state index is 14.9. The number of rotatable bonds is 10. The second-order valence-corrected chi connectivity index (χ2v) is 12.0. The van der Waals surface area contributed by atoms with Gasteiger partial charge in [-0.2, -0.15) is 5.26 Å². The first kappa shape index (κ1) is 33.5. The van der Waals surface area contributed by atoms with Gasteiger partial charge in [0.15, 0.2) is 17.4 Å². The van der Waals surface area contributed by atoms with Crippen molar-refractivity contribution in [1.82, 2.24) is 15.3 Å². The molecule has 2 aromatic carbocycles. The van der Waals surface area contributed by atoms with Crippen LogP contribution in [-0.2, 0) is 22.2 Å². The lowest BCUT2D eigenvalue weighted by Crippen LogP contribution is -2.54. The number of urea groups is 1. The highest BCUT2D eigenvalue weighted by Gasteiger charge is 2.41. The average molecular weight is 639 g/mol. The molecule has 0 radical (unpaired) electrons. The summed E-state index contributed by atoms with van der Waals surface area (Å²) < 4.78 is 61.3. The number of fused-ring (bicyclic) bond motifs is 1. The number of nitrogens with one attached hydrogen (secondary N) is 3. The lowest BCUT2D eigenvalue weighted by atomic mass is 9.75. The number of benzene rings is 2. The van der Waals surface area contributed by atoms with Crippen LogP contribution in [0, 0.1) is 41.2 Å². The third kappa shape index (κ3) is 8.42. The molecule has 1 atom stereocenters. The minimum absolute atomic E-state index is 0.0352. The Bertz CT molecular complexity index is 1680. The molecular formula is C32H34F2N5O5S-. The molecule has 1 fully saturated rings. The van der Waals surface area contributed by atoms with Crippen molar-refractivity contribution < 1.29 is 31.8 Å². The maximum Gasteiger partial charge on any atom is 0.319 e. The summed E-state index contributed by atoms with van der Waals surface area (Å²) in [7, 11) is 0. The van der Waals surface area contributed by atoms with Crippen LogP contribution < -0.4 is 15.4 Å². The van der Waals surface area contributed by atoms with Crippen LogP contribution in [0.4, 0.5) is 19.3 Å². The van der Waals surface area contributed by atoms with Crippen LogP contribution in [0.15, 0.2) is 59.8 Å². The molecule has 45 heavy (non-hydrogen) atoms. The zero-order valence-electron chi connectivity index (χ0n) is 25.1. The van der Waals surface area contributed by atoms with Crippen molar-refractivity contribution in [1.29, 1.82) is 5.26 Å². The number of carbonyl (C=O) groups excluding carboxylic acids is 1. The van der Waals surface area contributed by atoms with E-state index in [9.17, 15) is 22.3 Å². The van der Waals surface area contributed by atoms with Crippen molar-refractivity contribution in [3.05, 3.63) is 77.6 Å². The molecule has 1 aliphatic heterocycles. The number of H-pyrrole nitrogens is 1. The van der Waals surface area contributed by atoms with E-state index in [0.29, 0.717) is 60.9 Å². The van der Waals surface area contributed by atoms with E-state index >= 15 is 0 Å². The van der Waals surface area contributed by atoms with Gasteiger partial charge >= 0.3 is 6.03 Å². The fourth-order valence-electron chi connectivity index (χ4n) is 4.66. The molecule has 10 nitrogen and oxygen atoms in total. The Morgan fingerprint density at radius 2 is 1.91 bits per heavy atom. The third-order valence-corrected chi connectivity index (χ3v) is 8.30. The lowest BCUT2D eigenvalue weighted by molar-refractivity contribution is -0.134. The van der Waals surface area contributed by atoms with Crippen molar-refractivity contribution >= 4 is 33.8 Å². The highest BCUT2D eigenvalue weighted by molar-refractivity contribution is 7.79. The summed E-state index contributed by atoms with van der Waals surface area (Å²) in [5.74, 6) is -1.95. The number of pyridine rings is 1. The predicted octanol–water partition coefficient (Wildman–Crippen LogP) is 6.51. The Hall–Kier alpha value is -4.38. The van der Waals surface area contributed by atoms with Gasteiger partial charge in [-0.1, -0.05) is 31.5 Å². The van der Waals surface area contributed by atoms with Crippen LogP contribution in [0.5, 0.6) is 11.5 Å². The number of carbonyl (C=O) groups is 1. The molecule has 0 aliphatic carbocycles. The second-order valence-electron chi connectivity index (χ2n) is 11.1. The van der Waals surface area contributed by atoms with E-state index in [1.807, 2.05) is 6.92 Å². The summed E-state index contributed by atoms with van der Waals surface area (Å²) in [5, 5.41) is 14.6. The Balaban J connectivity index is 0.000000392. The monoisotopic (exact) mass is 638 g/mol. The Morgan fingerprint density at radius 1 is 1.22 bits per heavy atom. The number of hydrogen-bond acceptors (Lipinski definition) is 7. The maximum absolute atomic E-state index is 14.9. The van der Waals surface area contributed by atoms with E-state index in [4.69, 9.17) is 14.7 Å². The summed E-state index contributed by atoms with van der Waals surface area (Å²) >= 11 is -2.09. The minimum Gasteiger partial charge on any atom is -0.768 e. The standard InChI is InChI=1S/C25H27F2N5O3.C7H8O2S/c1-15(2)25(13-34-14-25)12-31-24(33)32-17-9-18(26)22(19(27)10-17)35-20-6-8-29-23-21(20)16(11-30-23)5-3-4-7-28;1-6-2-4-7(5-3-6)10(8)9/h6,8-11,15H,3-5,12-14H2,1-2H3,(H,29,30)(H2,31,32,33);2-5H,1H3,(H,8,9)/p-1. The quantitative estimate of drug-likeness (QED) is 0.132. The number of nitrogens with zero attached hydrogens (tertiary/aromatic N) is 2. The highest BCUT2D eigenvalue weighted by atomic mass is 32.2. The topological polar surface area (TPSA) is 152 Å². The summed E-state index contributed by atoms with van der Waals surface area (Å²) in [6.07, 6.45) is 4.83. The molecule has 1 unspecified atom stereocenters. The number of halogens is 2. The normalized spacial score (nSPS) is 14.1. The molecule has 0 saturated carbocycles. The summed E-state index contributed by atoms with van der Waals surface area (Å²) in [6.45, 7) is 7.55. The zero-order chi connectivity index (χ0) is 32.6. The first-order valence-corrected chi connectivity index (χ1v) is 15.4. The molecule has 4 aromatic rings. The van der Waals surface area contributed by atoms with Crippen molar-refractivity contribution in [3.8, 4) is 17.6 Å². The Labute approximate surface area is 262 Å². The lowest BCUT2D eigenvalue weighted by Gasteiger charge is -2.44. The molecule has 13 heteroatoms. The van der Waals surface area contributed by atoms with Crippen molar-refractivity contribution in [2.24, 2.45) is 11.3 Å². The first-order chi connectivity index (χ1) is 21.5. The second kappa shape index (κ2) is 15.1. The van der Waals surface area contributed by atoms with Gasteiger partial charge in [-0.15, -0.1) is 0 Å². The van der Waals surface area contributed by atoms with Crippen LogP contribution in [0.1, 0.15) is 37.8 Å². The molecule has 2 aromatic heterocycles. The molecular weight excluding hydrogens is 604 g/mol. The first-order valence-electron chi connectivity index (χ1n) is 14.3. The summed E-state index contributed by atoms with van der Waals surface area (Å²) in [4.78, 5) is 19.9. The molecule has 2 amide bonds. The van der Waals surface area contributed by atoms with Crippen LogP contribution in [-0.4, -0.2) is 44.5 Å². The number of ether oxygens (including phenoxy) is 2. The van der Waals surface area contributed by atoms with E-state index < -0.39 is 34.5 Å². The number of anilines is 1. The van der Waals surface area contributed by atoms with Crippen molar-refractivity contribution in [3.63, 3.8) is 0 Å². The fraction of sp³-hybridized carbons (Fsp3) is 0.344. The molecule has 3 heterocycles. The molecule has 1 aliphatic rings. The summed E-state index contributed by atoms with van der Waals surface area (Å²) in [6, 6.07) is 11.8. The number of nitriles is 1. The van der Waals surface area contributed by atoms with Crippen LogP contribution in [0.25, 0.3) is 11.0 Å². The Morgan fingerprint density at radius 3 is 2.49 bits per heavy atom. The summed E-state index contributed by atoms with van der Waals surface area (Å²) in [5.41, 5.74) is 2.25. The van der Waals surface area contributed by atoms with E-state index in [1.165, 1.54) is 12.3 Å². The molecule has 238 valence electrons. The number of aryl methyl sites for hydroxylation is 2. The molecule has 1 saturated heterocycles. The van der Waals surface area contributed by atoms with Gasteiger partial charge in [-0.05, 0) is 60.5 Å². The van der Waals surface area contributed by atoms with E-state index in [1.54, 1.807) is 30.5 Å². The van der Waals surface area contributed by atoms with Gasteiger partial charge in [0, 0.05) is 53.5 Å². The van der Waals surface area contributed by atoms with E-state index in [-0.39, 0.29) is 16.9 Å². The number of aromatic amines is 1. The van der Waals surface area contributed by atoms with Gasteiger partial charge in [0.2, 0.25) is 0 Å². The van der Waals surface area contributed by atoms with Gasteiger partial charge in [0.25, 0.3) is 0 Å². The van der Waals surface area contributed by atoms with Crippen LogP contribution >= 0.6 is 0 Å². The minimum atomic E-state index is -2.09. The molecule has 5 rings (SSSR count). The smallest absolute Gasteiger partial charge is 0.319 e. The van der Waals surface area contributed by atoms with Gasteiger partial charge in [0.1, 0.15) is 11.4 Å². The number of amides is 2. The van der Waals surface area contributed by atoms with Crippen LogP contribution in [0.3, 0.4) is 0 Å². The van der Waals surface area contributed by atoms with Gasteiger partial charge in [-0.3, -0.25) is 4.21 Å². The van der Waals surface area contributed by atoms with E-state index in [0.717, 1.165) is 23.3 Å². The number of aromatic nitrogens is 2. The Kier molecular flexibility index (Phi) is 11.2. The molecule has 0 spiro atoms. The van der Waals surface area contributed by atoms with Crippen molar-refractivity contribution in [2.45, 2.75) is 44.9 Å².